The van der Waals surface area contributed by atoms with Crippen LogP contribution < -0.4 is 0 Å². The van der Waals surface area contributed by atoms with E-state index >= 15 is 0 Å². The van der Waals surface area contributed by atoms with Crippen molar-refractivity contribution in [1.82, 2.24) is 0 Å². The molecule has 0 spiro atoms. The van der Waals surface area contributed by atoms with Crippen molar-refractivity contribution < 1.29 is 0 Å². The lowest BCUT2D eigenvalue weighted by Crippen LogP contribution is -2.20. The third kappa shape index (κ3) is 6.26. The van der Waals surface area contributed by atoms with Crippen LogP contribution in [0.25, 0.3) is 4.91 Å². The van der Waals surface area contributed by atoms with Gasteiger partial charge in [0.05, 0.1) is 4.75 Å². The van der Waals surface area contributed by atoms with Crippen LogP contribution in [0.15, 0.2) is 72.1 Å². The number of hydrogen-bond acceptors (Lipinski definition) is 2. The summed E-state index contributed by atoms with van der Waals surface area (Å²) in [6.45, 7) is 4.57. The highest BCUT2D eigenvalue weighted by Gasteiger charge is 2.39. The van der Waals surface area contributed by atoms with Gasteiger partial charge in [0, 0.05) is 9.78 Å². The summed E-state index contributed by atoms with van der Waals surface area (Å²) in [5, 5.41) is 2.19. The average molecular weight is 489 g/mol. The average Bonchev–Trinajstić information content (AvgIpc) is 3.57. The van der Waals surface area contributed by atoms with Crippen LogP contribution in [0.2, 0.25) is 0 Å². The van der Waals surface area contributed by atoms with Crippen LogP contribution >= 0.6 is 23.1 Å². The van der Waals surface area contributed by atoms with Gasteiger partial charge in [-0.05, 0) is 65.8 Å². The first-order chi connectivity index (χ1) is 16.7. The molecule has 0 bridgehead atoms. The Bertz CT molecular complexity index is 954. The van der Waals surface area contributed by atoms with E-state index in [1.54, 1.807) is 0 Å². The molecule has 34 heavy (non-hydrogen) atoms. The first kappa shape index (κ1) is 25.3. The molecule has 1 aliphatic rings. The minimum Gasteiger partial charge on any atom is -0.143 e. The summed E-state index contributed by atoms with van der Waals surface area (Å²) >= 11 is 3.91. The minimum absolute atomic E-state index is 0.0270. The molecule has 3 aromatic rings. The van der Waals surface area contributed by atoms with Gasteiger partial charge in [0.1, 0.15) is 0 Å². The van der Waals surface area contributed by atoms with Gasteiger partial charge in [-0.2, -0.15) is 0 Å². The van der Waals surface area contributed by atoms with Crippen molar-refractivity contribution in [3.8, 4) is 0 Å². The quantitative estimate of drug-likeness (QED) is 0.216. The van der Waals surface area contributed by atoms with Crippen molar-refractivity contribution in [3.05, 3.63) is 99.3 Å². The fourth-order valence-corrected chi connectivity index (χ4v) is 7.31. The van der Waals surface area contributed by atoms with E-state index in [1.165, 1.54) is 96.2 Å². The first-order valence-corrected chi connectivity index (χ1v) is 15.1. The Hall–Kier alpha value is -1.77. The normalized spacial score (nSPS) is 14.9. The molecular formula is C32H40S2. The van der Waals surface area contributed by atoms with Gasteiger partial charge in [0.25, 0.3) is 0 Å². The fourth-order valence-electron chi connectivity index (χ4n) is 4.99. The first-order valence-electron chi connectivity index (χ1n) is 13.4. The van der Waals surface area contributed by atoms with Gasteiger partial charge < -0.3 is 0 Å². The Morgan fingerprint density at radius 3 is 1.71 bits per heavy atom. The molecule has 0 fully saturated rings. The number of thiophene rings is 1. The number of allylic oxidation sites excluding steroid dienone is 1. The van der Waals surface area contributed by atoms with Gasteiger partial charge in [0.15, 0.2) is 0 Å². The zero-order chi connectivity index (χ0) is 23.6. The van der Waals surface area contributed by atoms with E-state index in [9.17, 15) is 0 Å². The predicted octanol–water partition coefficient (Wildman–Crippen LogP) is 10.4. The van der Waals surface area contributed by atoms with Crippen molar-refractivity contribution >= 4 is 28.0 Å². The van der Waals surface area contributed by atoms with Crippen molar-refractivity contribution in [3.63, 3.8) is 0 Å². The molecule has 0 amide bonds. The summed E-state index contributed by atoms with van der Waals surface area (Å²) in [4.78, 5) is 2.83. The topological polar surface area (TPSA) is 0 Å². The molecule has 0 nitrogen and oxygen atoms in total. The molecule has 2 aromatic carbocycles. The van der Waals surface area contributed by atoms with E-state index in [-0.39, 0.29) is 4.75 Å². The maximum atomic E-state index is 2.47. The van der Waals surface area contributed by atoms with Crippen LogP contribution in [0.1, 0.15) is 98.8 Å². The fraction of sp³-hybridized carbons (Fsp3) is 0.438. The number of unbranched alkanes of at least 4 members (excludes halogenated alkanes) is 6. The largest absolute Gasteiger partial charge is 0.143 e. The third-order valence-corrected chi connectivity index (χ3v) is 9.73. The standard InChI is InChI=1S/C32H40S2/c1-3-5-7-9-12-26-15-19-28(20-16-26)32(24-23-31(34-32)30-14-11-25-33-30)29-21-17-27(18-22-29)13-10-8-6-4-2/h11,14-23,25H,3-10,12-13,24H2,1-2H3. The summed E-state index contributed by atoms with van der Waals surface area (Å²) in [6, 6.07) is 23.6. The van der Waals surface area contributed by atoms with Crippen LogP contribution in [0.3, 0.4) is 0 Å². The van der Waals surface area contributed by atoms with Crippen molar-refractivity contribution in [1.29, 1.82) is 0 Å². The Kier molecular flexibility index (Phi) is 9.53. The second-order valence-corrected chi connectivity index (χ2v) is 12.0. The van der Waals surface area contributed by atoms with E-state index in [4.69, 9.17) is 0 Å². The Labute approximate surface area is 215 Å². The molecule has 0 aliphatic carbocycles. The van der Waals surface area contributed by atoms with Gasteiger partial charge in [0.2, 0.25) is 0 Å². The van der Waals surface area contributed by atoms with Crippen LogP contribution in [0, 0.1) is 0 Å². The molecule has 2 heterocycles. The van der Waals surface area contributed by atoms with E-state index < -0.39 is 0 Å². The number of rotatable bonds is 13. The van der Waals surface area contributed by atoms with Gasteiger partial charge >= 0.3 is 0 Å². The Balaban J connectivity index is 1.54. The lowest BCUT2D eigenvalue weighted by molar-refractivity contribution is 0.666. The van der Waals surface area contributed by atoms with Gasteiger partial charge in [-0.15, -0.1) is 23.1 Å². The molecule has 0 radical (unpaired) electrons. The van der Waals surface area contributed by atoms with Crippen LogP contribution in [0.5, 0.6) is 0 Å². The highest BCUT2D eigenvalue weighted by Crippen LogP contribution is 2.57. The van der Waals surface area contributed by atoms with E-state index in [0.29, 0.717) is 0 Å². The number of hydrogen-bond donors (Lipinski definition) is 0. The number of benzene rings is 2. The highest BCUT2D eigenvalue weighted by atomic mass is 32.2. The van der Waals surface area contributed by atoms with E-state index in [2.05, 4.69) is 97.7 Å². The molecule has 4 rings (SSSR count). The number of thioether (sulfide) groups is 1. The van der Waals surface area contributed by atoms with Gasteiger partial charge in [-0.3, -0.25) is 0 Å². The van der Waals surface area contributed by atoms with E-state index in [0.717, 1.165) is 6.42 Å². The van der Waals surface area contributed by atoms with Gasteiger partial charge in [-0.25, -0.2) is 0 Å². The van der Waals surface area contributed by atoms with Crippen molar-refractivity contribution in [2.75, 3.05) is 0 Å². The Morgan fingerprint density at radius 1 is 0.676 bits per heavy atom. The maximum Gasteiger partial charge on any atom is 0.0739 e. The van der Waals surface area contributed by atoms with Crippen LogP contribution in [-0.4, -0.2) is 0 Å². The molecule has 0 saturated heterocycles. The summed E-state index contributed by atoms with van der Waals surface area (Å²) in [5.74, 6) is 0. The maximum absolute atomic E-state index is 2.47. The van der Waals surface area contributed by atoms with Gasteiger partial charge in [-0.1, -0.05) is 113 Å². The molecule has 2 heteroatoms. The molecule has 0 saturated carbocycles. The summed E-state index contributed by atoms with van der Waals surface area (Å²) in [5.41, 5.74) is 5.83. The SMILES string of the molecule is CCCCCCc1ccc(C2(c3ccc(CCCCCC)cc3)CC=C(c3cccs3)S2)cc1. The zero-order valence-corrected chi connectivity index (χ0v) is 22.7. The smallest absolute Gasteiger partial charge is 0.0739 e. The molecule has 180 valence electrons. The summed E-state index contributed by atoms with van der Waals surface area (Å²) in [6.07, 6.45) is 16.5. The molecule has 1 aromatic heterocycles. The van der Waals surface area contributed by atoms with Crippen molar-refractivity contribution in [2.45, 2.75) is 89.2 Å². The summed E-state index contributed by atoms with van der Waals surface area (Å²) < 4.78 is -0.0270. The van der Waals surface area contributed by atoms with E-state index in [1.807, 2.05) is 11.3 Å². The predicted molar refractivity (Wildman–Crippen MR) is 154 cm³/mol. The molecule has 1 aliphatic heterocycles. The number of aryl methyl sites for hydroxylation is 2. The molecule has 0 N–H and O–H groups in total. The monoisotopic (exact) mass is 488 g/mol. The summed E-state index contributed by atoms with van der Waals surface area (Å²) in [7, 11) is 0. The second kappa shape index (κ2) is 12.8. The second-order valence-electron chi connectivity index (χ2n) is 9.69. The molecule has 0 atom stereocenters. The zero-order valence-electron chi connectivity index (χ0n) is 21.0. The Morgan fingerprint density at radius 2 is 1.24 bits per heavy atom. The lowest BCUT2D eigenvalue weighted by atomic mass is 9.86. The van der Waals surface area contributed by atoms with Crippen molar-refractivity contribution in [2.24, 2.45) is 0 Å². The highest BCUT2D eigenvalue weighted by molar-refractivity contribution is 8.09. The molecular weight excluding hydrogens is 448 g/mol. The minimum atomic E-state index is -0.0270. The third-order valence-electron chi connectivity index (χ3n) is 7.10. The van der Waals surface area contributed by atoms with Crippen LogP contribution in [0.4, 0.5) is 0 Å². The van der Waals surface area contributed by atoms with Crippen LogP contribution in [-0.2, 0) is 17.6 Å². The lowest BCUT2D eigenvalue weighted by Gasteiger charge is -2.30. The molecule has 0 unspecified atom stereocenters.